The summed E-state index contributed by atoms with van der Waals surface area (Å²) in [6.07, 6.45) is 2.07. The number of nitrogens with zero attached hydrogens (tertiary/aromatic N) is 1. The van der Waals surface area contributed by atoms with E-state index >= 15 is 0 Å². The van der Waals surface area contributed by atoms with Crippen LogP contribution in [0.2, 0.25) is 0 Å². The van der Waals surface area contributed by atoms with Crippen LogP contribution < -0.4 is 4.74 Å². The van der Waals surface area contributed by atoms with E-state index in [-0.39, 0.29) is 6.42 Å². The third kappa shape index (κ3) is 3.51. The van der Waals surface area contributed by atoms with Crippen LogP contribution in [0.15, 0.2) is 47.4 Å². The minimum atomic E-state index is -0.825. The Morgan fingerprint density at radius 2 is 2.04 bits per heavy atom. The molecule has 0 spiro atoms. The van der Waals surface area contributed by atoms with E-state index in [0.717, 1.165) is 27.9 Å². The van der Waals surface area contributed by atoms with Crippen molar-refractivity contribution in [2.75, 3.05) is 13.4 Å². The Labute approximate surface area is 151 Å². The number of aliphatic carboxylic acids is 1. The Bertz CT molecular complexity index is 930. The summed E-state index contributed by atoms with van der Waals surface area (Å²) in [4.78, 5) is 12.5. The number of hydrogen-bond donors (Lipinski definition) is 1. The summed E-state index contributed by atoms with van der Waals surface area (Å²) in [5, 5.41) is 10.2. The van der Waals surface area contributed by atoms with E-state index in [1.807, 2.05) is 25.1 Å². The number of methoxy groups -OCH3 is 1. The van der Waals surface area contributed by atoms with Gasteiger partial charge in [0.1, 0.15) is 5.75 Å². The van der Waals surface area contributed by atoms with Crippen LogP contribution in [-0.2, 0) is 17.8 Å². The molecule has 0 aliphatic rings. The van der Waals surface area contributed by atoms with Crippen molar-refractivity contribution in [3.8, 4) is 5.75 Å². The van der Waals surface area contributed by atoms with Gasteiger partial charge in [-0.15, -0.1) is 11.8 Å². The first kappa shape index (κ1) is 17.4. The van der Waals surface area contributed by atoms with E-state index in [2.05, 4.69) is 35.1 Å². The summed E-state index contributed by atoms with van der Waals surface area (Å²) in [6.45, 7) is 2.70. The molecule has 3 aromatic rings. The van der Waals surface area contributed by atoms with Gasteiger partial charge in [-0.1, -0.05) is 12.1 Å². The van der Waals surface area contributed by atoms with Gasteiger partial charge in [-0.3, -0.25) is 4.79 Å². The van der Waals surface area contributed by atoms with Crippen molar-refractivity contribution in [1.29, 1.82) is 0 Å². The molecular formula is C20H21NO3S. The van der Waals surface area contributed by atoms with Crippen LogP contribution in [0.4, 0.5) is 0 Å². The summed E-state index contributed by atoms with van der Waals surface area (Å²) >= 11 is 1.72. The molecule has 0 aliphatic carbocycles. The maximum atomic E-state index is 11.3. The zero-order chi connectivity index (χ0) is 18.0. The number of fused-ring (bicyclic) bond motifs is 1. The van der Waals surface area contributed by atoms with E-state index in [9.17, 15) is 9.90 Å². The Hall–Kier alpha value is -2.40. The highest BCUT2D eigenvalue weighted by molar-refractivity contribution is 7.98. The second-order valence-corrected chi connectivity index (χ2v) is 6.83. The van der Waals surface area contributed by atoms with Gasteiger partial charge in [0.2, 0.25) is 0 Å². The fraction of sp³-hybridized carbons (Fsp3) is 0.250. The minimum Gasteiger partial charge on any atom is -0.497 e. The van der Waals surface area contributed by atoms with Crippen molar-refractivity contribution in [2.24, 2.45) is 0 Å². The average molecular weight is 355 g/mol. The fourth-order valence-electron chi connectivity index (χ4n) is 3.19. The van der Waals surface area contributed by atoms with E-state index in [4.69, 9.17) is 4.74 Å². The molecule has 0 saturated carbocycles. The lowest BCUT2D eigenvalue weighted by molar-refractivity contribution is -0.136. The van der Waals surface area contributed by atoms with Gasteiger partial charge in [-0.25, -0.2) is 0 Å². The number of hydrogen-bond acceptors (Lipinski definition) is 3. The van der Waals surface area contributed by atoms with Gasteiger partial charge in [0.15, 0.2) is 0 Å². The first-order valence-electron chi connectivity index (χ1n) is 8.04. The maximum absolute atomic E-state index is 11.3. The molecule has 25 heavy (non-hydrogen) atoms. The quantitative estimate of drug-likeness (QED) is 0.668. The third-order valence-corrected chi connectivity index (χ3v) is 5.19. The highest BCUT2D eigenvalue weighted by Gasteiger charge is 2.17. The highest BCUT2D eigenvalue weighted by atomic mass is 32.2. The summed E-state index contributed by atoms with van der Waals surface area (Å²) in [5.41, 5.74) is 4.07. The maximum Gasteiger partial charge on any atom is 0.307 e. The Balaban J connectivity index is 2.13. The molecule has 1 heterocycles. The summed E-state index contributed by atoms with van der Waals surface area (Å²) < 4.78 is 7.51. The molecule has 0 aliphatic heterocycles. The van der Waals surface area contributed by atoms with Gasteiger partial charge < -0.3 is 14.4 Å². The molecule has 0 bridgehead atoms. The van der Waals surface area contributed by atoms with Crippen LogP contribution in [0.1, 0.15) is 16.8 Å². The molecule has 0 unspecified atom stereocenters. The largest absolute Gasteiger partial charge is 0.497 e. The first-order valence-corrected chi connectivity index (χ1v) is 9.26. The van der Waals surface area contributed by atoms with Gasteiger partial charge in [0.25, 0.3) is 0 Å². The molecule has 5 heteroatoms. The van der Waals surface area contributed by atoms with Gasteiger partial charge >= 0.3 is 5.97 Å². The lowest BCUT2D eigenvalue weighted by Gasteiger charge is -2.10. The molecule has 0 amide bonds. The number of benzene rings is 2. The smallest absolute Gasteiger partial charge is 0.307 e. The molecule has 0 atom stereocenters. The highest BCUT2D eigenvalue weighted by Crippen LogP contribution is 2.31. The Morgan fingerprint density at radius 3 is 2.72 bits per heavy atom. The number of aromatic nitrogens is 1. The van der Waals surface area contributed by atoms with Crippen LogP contribution in [0, 0.1) is 6.92 Å². The number of carboxylic acids is 1. The molecule has 1 aromatic heterocycles. The molecule has 0 fully saturated rings. The van der Waals surface area contributed by atoms with Crippen molar-refractivity contribution >= 4 is 28.6 Å². The molecular weight excluding hydrogens is 334 g/mol. The average Bonchev–Trinajstić information content (AvgIpc) is 2.86. The van der Waals surface area contributed by atoms with Gasteiger partial charge in [0, 0.05) is 28.0 Å². The monoisotopic (exact) mass is 355 g/mol. The van der Waals surface area contributed by atoms with Crippen molar-refractivity contribution < 1.29 is 14.6 Å². The van der Waals surface area contributed by atoms with Crippen molar-refractivity contribution in [3.63, 3.8) is 0 Å². The Kier molecular flexibility index (Phi) is 5.04. The van der Waals surface area contributed by atoms with Gasteiger partial charge in [0.05, 0.1) is 13.5 Å². The van der Waals surface area contributed by atoms with E-state index in [1.54, 1.807) is 18.9 Å². The number of ether oxygens (including phenoxy) is 1. The number of thioether (sulfide) groups is 1. The van der Waals surface area contributed by atoms with Crippen LogP contribution in [0.25, 0.3) is 10.9 Å². The predicted octanol–water partition coefficient (Wildman–Crippen LogP) is 4.36. The minimum absolute atomic E-state index is 0.00729. The topological polar surface area (TPSA) is 51.5 Å². The van der Waals surface area contributed by atoms with Crippen LogP contribution in [0.3, 0.4) is 0 Å². The standard InChI is InChI=1S/C20H21NO3S/c1-13-17(11-20(22)23)18-10-15(24-2)7-8-19(18)21(13)12-14-5-4-6-16(9-14)25-3/h4-10H,11-12H2,1-3H3,(H,22,23). The molecule has 3 rings (SSSR count). The third-order valence-electron chi connectivity index (χ3n) is 4.46. The van der Waals surface area contributed by atoms with E-state index in [0.29, 0.717) is 6.54 Å². The Morgan fingerprint density at radius 1 is 1.24 bits per heavy atom. The molecule has 4 nitrogen and oxygen atoms in total. The lowest BCUT2D eigenvalue weighted by atomic mass is 10.1. The molecule has 0 radical (unpaired) electrons. The first-order chi connectivity index (χ1) is 12.0. The number of carbonyl (C=O) groups is 1. The SMILES string of the molecule is COc1ccc2c(c1)c(CC(=O)O)c(C)n2Cc1cccc(SC)c1. The summed E-state index contributed by atoms with van der Waals surface area (Å²) in [5.74, 6) is -0.0879. The van der Waals surface area contributed by atoms with Crippen molar-refractivity contribution in [3.05, 3.63) is 59.3 Å². The predicted molar refractivity (Wildman–Crippen MR) is 102 cm³/mol. The second kappa shape index (κ2) is 7.23. The van der Waals surface area contributed by atoms with Gasteiger partial charge in [-0.2, -0.15) is 0 Å². The van der Waals surface area contributed by atoms with E-state index in [1.165, 1.54) is 10.5 Å². The van der Waals surface area contributed by atoms with E-state index < -0.39 is 5.97 Å². The van der Waals surface area contributed by atoms with Crippen LogP contribution in [0.5, 0.6) is 5.75 Å². The van der Waals surface area contributed by atoms with Crippen molar-refractivity contribution in [2.45, 2.75) is 24.8 Å². The zero-order valence-corrected chi connectivity index (χ0v) is 15.4. The zero-order valence-electron chi connectivity index (χ0n) is 14.6. The molecule has 1 N–H and O–H groups in total. The number of carboxylic acid groups (broad SMARTS) is 1. The van der Waals surface area contributed by atoms with Crippen molar-refractivity contribution in [1.82, 2.24) is 4.57 Å². The van der Waals surface area contributed by atoms with Crippen LogP contribution >= 0.6 is 11.8 Å². The van der Waals surface area contributed by atoms with Gasteiger partial charge in [-0.05, 0) is 54.6 Å². The second-order valence-electron chi connectivity index (χ2n) is 5.96. The molecule has 2 aromatic carbocycles. The fourth-order valence-corrected chi connectivity index (χ4v) is 3.67. The molecule has 130 valence electrons. The lowest BCUT2D eigenvalue weighted by Crippen LogP contribution is -2.05. The normalized spacial score (nSPS) is 11.0. The summed E-state index contributed by atoms with van der Waals surface area (Å²) in [6, 6.07) is 14.3. The summed E-state index contributed by atoms with van der Waals surface area (Å²) in [7, 11) is 1.62. The number of rotatable bonds is 6. The van der Waals surface area contributed by atoms with Crippen LogP contribution in [-0.4, -0.2) is 29.0 Å². The molecule has 0 saturated heterocycles.